The van der Waals surface area contributed by atoms with E-state index in [2.05, 4.69) is 25.3 Å². The molecule has 6 rings (SSSR count). The molecule has 1 saturated carbocycles. The highest BCUT2D eigenvalue weighted by Gasteiger charge is 2.32. The van der Waals surface area contributed by atoms with Crippen molar-refractivity contribution >= 4 is 65.7 Å². The maximum Gasteiger partial charge on any atom is 0.301 e. The van der Waals surface area contributed by atoms with Gasteiger partial charge in [0.05, 0.1) is 54.5 Å². The standard InChI is InChI=1S/C29H37IN10O6S/c1-19(24-18-34-37(2)28(24)40(42)30-41)39(47(3,43)44)21-15-23-25(33-17-21)16-26(38-11-13-45-14-12-38)36-27(23)46-22-7-5-20(6-8-22)35-29-31-9-4-10-32-29/h4,9-10,15-20,22,42H,5-8,11-14H2,1-3H3,(H,31,32,35). The Morgan fingerprint density at radius 2 is 1.83 bits per heavy atom. The van der Waals surface area contributed by atoms with Crippen LogP contribution in [0.3, 0.4) is 0 Å². The first-order valence-corrected chi connectivity index (χ1v) is 18.9. The second-order valence-corrected chi connectivity index (χ2v) is 14.7. The maximum absolute atomic E-state index is 13.3. The molecule has 0 amide bonds. The molecule has 18 heteroatoms. The lowest BCUT2D eigenvalue weighted by Crippen LogP contribution is -2.37. The van der Waals surface area contributed by atoms with Gasteiger partial charge in [0.1, 0.15) is 11.9 Å². The quantitative estimate of drug-likeness (QED) is 0.128. The monoisotopic (exact) mass is 780 g/mol. The van der Waals surface area contributed by atoms with Crippen LogP contribution in [0, 0.1) is 0 Å². The number of hydrogen-bond acceptors (Lipinski definition) is 13. The molecule has 2 aliphatic rings. The summed E-state index contributed by atoms with van der Waals surface area (Å²) in [5.74, 6) is 1.84. The van der Waals surface area contributed by atoms with Gasteiger partial charge in [0.2, 0.25) is 21.9 Å². The van der Waals surface area contributed by atoms with Gasteiger partial charge >= 0.3 is 21.5 Å². The van der Waals surface area contributed by atoms with Crippen molar-refractivity contribution in [1.29, 1.82) is 0 Å². The first-order chi connectivity index (χ1) is 22.6. The van der Waals surface area contributed by atoms with Gasteiger partial charge in [0.25, 0.3) is 0 Å². The third kappa shape index (κ3) is 7.39. The molecule has 0 bridgehead atoms. The molecule has 4 aromatic heterocycles. The Bertz CT molecular complexity index is 1820. The summed E-state index contributed by atoms with van der Waals surface area (Å²) in [6.07, 6.45) is 10.6. The summed E-state index contributed by atoms with van der Waals surface area (Å²) in [6, 6.07) is 4.77. The molecular formula is C29H37IN10O6S. The van der Waals surface area contributed by atoms with Crippen molar-refractivity contribution in [3.8, 4) is 5.88 Å². The van der Waals surface area contributed by atoms with Gasteiger partial charge in [-0.2, -0.15) is 10.1 Å². The number of halogens is 1. The van der Waals surface area contributed by atoms with E-state index < -0.39 is 37.5 Å². The van der Waals surface area contributed by atoms with E-state index >= 15 is 0 Å². The summed E-state index contributed by atoms with van der Waals surface area (Å²) < 4.78 is 53.6. The van der Waals surface area contributed by atoms with Crippen molar-refractivity contribution in [2.24, 2.45) is 7.05 Å². The molecule has 2 fully saturated rings. The van der Waals surface area contributed by atoms with Crippen LogP contribution < -0.4 is 22.5 Å². The van der Waals surface area contributed by atoms with Crippen LogP contribution >= 0.6 is 21.5 Å². The van der Waals surface area contributed by atoms with Crippen molar-refractivity contribution in [2.75, 3.05) is 50.4 Å². The predicted molar refractivity (Wildman–Crippen MR) is 183 cm³/mol. The first kappa shape index (κ1) is 33.2. The van der Waals surface area contributed by atoms with Crippen molar-refractivity contribution in [3.05, 3.63) is 48.5 Å². The minimum absolute atomic E-state index is 0.113. The van der Waals surface area contributed by atoms with Crippen LogP contribution in [0.2, 0.25) is 0 Å². The highest BCUT2D eigenvalue weighted by atomic mass is 127. The average Bonchev–Trinajstić information content (AvgIpc) is 3.47. The van der Waals surface area contributed by atoms with E-state index in [4.69, 9.17) is 19.4 Å². The number of nitrogens with zero attached hydrogens (tertiary/aromatic N) is 9. The molecule has 1 atom stereocenters. The molecule has 1 unspecified atom stereocenters. The predicted octanol–water partition coefficient (Wildman–Crippen LogP) is 3.75. The molecular weight excluding hydrogens is 743 g/mol. The molecule has 1 saturated heterocycles. The van der Waals surface area contributed by atoms with Crippen molar-refractivity contribution in [3.63, 3.8) is 0 Å². The zero-order valence-electron chi connectivity index (χ0n) is 26.2. The average molecular weight is 781 g/mol. The second-order valence-electron chi connectivity index (χ2n) is 11.6. The second kappa shape index (κ2) is 14.2. The molecule has 1 aliphatic carbocycles. The van der Waals surface area contributed by atoms with Crippen molar-refractivity contribution in [2.45, 2.75) is 50.8 Å². The van der Waals surface area contributed by atoms with Crippen molar-refractivity contribution in [1.82, 2.24) is 29.7 Å². The van der Waals surface area contributed by atoms with Gasteiger partial charge in [-0.3, -0.25) is 14.5 Å². The van der Waals surface area contributed by atoms with Gasteiger partial charge < -0.3 is 19.7 Å². The number of fused-ring (bicyclic) bond motifs is 1. The van der Waals surface area contributed by atoms with Crippen LogP contribution in [-0.2, 0) is 24.9 Å². The van der Waals surface area contributed by atoms with E-state index in [-0.39, 0.29) is 23.7 Å². The van der Waals surface area contributed by atoms with E-state index in [9.17, 15) is 16.7 Å². The number of anilines is 4. The third-order valence-electron chi connectivity index (χ3n) is 8.39. The zero-order valence-corrected chi connectivity index (χ0v) is 29.2. The normalized spacial score (nSPS) is 19.4. The number of pyridine rings is 2. The summed E-state index contributed by atoms with van der Waals surface area (Å²) in [6.45, 7) is 4.19. The number of rotatable bonds is 11. The lowest BCUT2D eigenvalue weighted by Gasteiger charge is -2.31. The Hall–Kier alpha value is -3.75. The minimum atomic E-state index is -3.88. The fourth-order valence-electron chi connectivity index (χ4n) is 6.10. The van der Waals surface area contributed by atoms with Gasteiger partial charge in [0.15, 0.2) is 5.82 Å². The number of sulfonamides is 1. The van der Waals surface area contributed by atoms with E-state index in [1.165, 1.54) is 21.4 Å². The Morgan fingerprint density at radius 1 is 1.11 bits per heavy atom. The highest BCUT2D eigenvalue weighted by molar-refractivity contribution is 14.1. The SMILES string of the molecule is CC(c1cnn(C)c1N(O)I=O)N(c1cnc2cc(N3CCOCC3)nc(OC3CCC(Nc4ncccn4)CC3)c2c1)S(C)(=O)=O. The zero-order chi connectivity index (χ0) is 33.1. The molecule has 1 aliphatic heterocycles. The topological polar surface area (TPSA) is 181 Å². The Balaban J connectivity index is 1.34. The van der Waals surface area contributed by atoms with E-state index in [1.807, 2.05) is 6.07 Å². The summed E-state index contributed by atoms with van der Waals surface area (Å²) in [5, 5.41) is 18.5. The van der Waals surface area contributed by atoms with Gasteiger partial charge in [-0.05, 0) is 44.7 Å². The summed E-state index contributed by atoms with van der Waals surface area (Å²) >= 11 is -1.98. The lowest BCUT2D eigenvalue weighted by atomic mass is 9.93. The summed E-state index contributed by atoms with van der Waals surface area (Å²) in [5.41, 5.74) is 1.27. The number of nitrogens with one attached hydrogen (secondary N) is 1. The third-order valence-corrected chi connectivity index (χ3v) is 10.5. The molecule has 47 heavy (non-hydrogen) atoms. The molecule has 16 nitrogen and oxygen atoms in total. The van der Waals surface area contributed by atoms with Gasteiger partial charge in [-0.15, -0.1) is 3.28 Å². The smallest absolute Gasteiger partial charge is 0.301 e. The van der Waals surface area contributed by atoms with Crippen LogP contribution in [0.15, 0.2) is 43.0 Å². The van der Waals surface area contributed by atoms with Crippen LogP contribution in [0.1, 0.15) is 44.2 Å². The maximum atomic E-state index is 13.3. The molecule has 4 aromatic rings. The Labute approximate surface area is 283 Å². The van der Waals surface area contributed by atoms with Crippen LogP contribution in [0.25, 0.3) is 10.9 Å². The molecule has 2 N–H and O–H groups in total. The number of ether oxygens (including phenoxy) is 2. The summed E-state index contributed by atoms with van der Waals surface area (Å²) in [7, 11) is -2.30. The van der Waals surface area contributed by atoms with Crippen LogP contribution in [0.5, 0.6) is 5.88 Å². The van der Waals surface area contributed by atoms with Crippen LogP contribution in [-0.4, -0.2) is 88.0 Å². The lowest BCUT2D eigenvalue weighted by molar-refractivity contribution is 0.122. The van der Waals surface area contributed by atoms with Gasteiger partial charge in [0, 0.05) is 50.2 Å². The largest absolute Gasteiger partial charge is 0.474 e. The van der Waals surface area contributed by atoms with Crippen molar-refractivity contribution < 1.29 is 26.2 Å². The minimum Gasteiger partial charge on any atom is -0.474 e. The fourth-order valence-corrected chi connectivity index (χ4v) is 8.05. The Kier molecular flexibility index (Phi) is 9.99. The number of morpholine rings is 1. The van der Waals surface area contributed by atoms with Crippen LogP contribution in [0.4, 0.5) is 23.3 Å². The van der Waals surface area contributed by atoms with E-state index in [1.54, 1.807) is 38.5 Å². The molecule has 0 radical (unpaired) electrons. The highest BCUT2D eigenvalue weighted by Crippen LogP contribution is 2.38. The molecule has 252 valence electrons. The number of aromatic nitrogens is 6. The number of aryl methyl sites for hydroxylation is 1. The molecule has 0 aromatic carbocycles. The van der Waals surface area contributed by atoms with E-state index in [0.29, 0.717) is 63.7 Å². The summed E-state index contributed by atoms with van der Waals surface area (Å²) in [4.78, 5) is 20.3. The first-order valence-electron chi connectivity index (χ1n) is 15.2. The Morgan fingerprint density at radius 3 is 2.51 bits per heavy atom. The molecule has 5 heterocycles. The number of hydrogen-bond donors (Lipinski definition) is 2. The van der Waals surface area contributed by atoms with E-state index in [0.717, 1.165) is 31.9 Å². The van der Waals surface area contributed by atoms with Gasteiger partial charge in [-0.25, -0.2) is 26.1 Å². The van der Waals surface area contributed by atoms with Gasteiger partial charge in [-0.1, -0.05) is 0 Å². The molecule has 0 spiro atoms. The fraction of sp³-hybridized carbons (Fsp3) is 0.483.